The van der Waals surface area contributed by atoms with Crippen LogP contribution < -0.4 is 5.32 Å². The van der Waals surface area contributed by atoms with E-state index < -0.39 is 0 Å². The summed E-state index contributed by atoms with van der Waals surface area (Å²) in [7, 11) is 0. The minimum atomic E-state index is -0.288. The zero-order valence-corrected chi connectivity index (χ0v) is 8.41. The third kappa shape index (κ3) is 2.07. The molecule has 1 amide bonds. The summed E-state index contributed by atoms with van der Waals surface area (Å²) in [5, 5.41) is 12.7. The van der Waals surface area contributed by atoms with Crippen LogP contribution in [0.4, 0.5) is 0 Å². The van der Waals surface area contributed by atoms with Gasteiger partial charge in [0.25, 0.3) is 0 Å². The molecule has 2 fully saturated rings. The molecule has 0 aromatic rings. The summed E-state index contributed by atoms with van der Waals surface area (Å²) in [6.07, 6.45) is 4.38. The van der Waals surface area contributed by atoms with Crippen LogP contribution in [0.15, 0.2) is 0 Å². The van der Waals surface area contributed by atoms with E-state index in [2.05, 4.69) is 10.2 Å². The average Bonchev–Trinajstić information content (AvgIpc) is 2.20. The molecule has 0 spiro atoms. The van der Waals surface area contributed by atoms with E-state index in [1.54, 1.807) is 0 Å². The molecule has 4 nitrogen and oxygen atoms in total. The maximum Gasteiger partial charge on any atom is 0.220 e. The van der Waals surface area contributed by atoms with E-state index in [0.29, 0.717) is 19.0 Å². The maximum absolute atomic E-state index is 11.0. The Morgan fingerprint density at radius 3 is 2.86 bits per heavy atom. The van der Waals surface area contributed by atoms with Crippen molar-refractivity contribution in [2.24, 2.45) is 0 Å². The second kappa shape index (κ2) is 4.28. The first-order valence-corrected chi connectivity index (χ1v) is 5.48. The van der Waals surface area contributed by atoms with Gasteiger partial charge in [0.15, 0.2) is 0 Å². The summed E-state index contributed by atoms with van der Waals surface area (Å²) < 4.78 is 0. The van der Waals surface area contributed by atoms with Crippen LogP contribution in [0.25, 0.3) is 0 Å². The summed E-state index contributed by atoms with van der Waals surface area (Å²) in [5.41, 5.74) is 0. The highest BCUT2D eigenvalue weighted by Gasteiger charge is 2.29. The summed E-state index contributed by atoms with van der Waals surface area (Å²) in [4.78, 5) is 13.1. The molecule has 0 saturated carbocycles. The molecule has 2 rings (SSSR count). The number of piperidine rings is 2. The van der Waals surface area contributed by atoms with Crippen LogP contribution in [0.3, 0.4) is 0 Å². The van der Waals surface area contributed by atoms with Crippen LogP contribution in [-0.4, -0.2) is 41.3 Å². The second-order valence-electron chi connectivity index (χ2n) is 4.21. The first-order valence-electron chi connectivity index (χ1n) is 5.48. The number of nitrogens with one attached hydrogen (secondary N) is 1. The highest BCUT2D eigenvalue weighted by atomic mass is 16.3. The van der Waals surface area contributed by atoms with Gasteiger partial charge in [-0.1, -0.05) is 0 Å². The minimum Gasteiger partial charge on any atom is -0.378 e. The van der Waals surface area contributed by atoms with Gasteiger partial charge >= 0.3 is 0 Å². The Hall–Kier alpha value is -0.610. The van der Waals surface area contributed by atoms with Crippen molar-refractivity contribution >= 4 is 5.91 Å². The smallest absolute Gasteiger partial charge is 0.220 e. The van der Waals surface area contributed by atoms with Gasteiger partial charge in [-0.15, -0.1) is 0 Å². The molecule has 0 radical (unpaired) electrons. The van der Waals surface area contributed by atoms with Crippen LogP contribution in [0, 0.1) is 0 Å². The SMILES string of the molecule is O=C1CCC(N2CCCCC2O)CN1. The Morgan fingerprint density at radius 2 is 2.21 bits per heavy atom. The fraction of sp³-hybridized carbons (Fsp3) is 0.900. The molecule has 2 saturated heterocycles. The Kier molecular flexibility index (Phi) is 3.03. The standard InChI is InChI=1S/C10H18N2O2/c13-9-5-4-8(7-11-9)12-6-2-1-3-10(12)14/h8,10,14H,1-7H2,(H,11,13). The van der Waals surface area contributed by atoms with E-state index >= 15 is 0 Å². The predicted octanol–water partition coefficient (Wildman–Crippen LogP) is 0.0693. The highest BCUT2D eigenvalue weighted by molar-refractivity contribution is 5.76. The average molecular weight is 198 g/mol. The number of carbonyl (C=O) groups is 1. The molecular formula is C10H18N2O2. The predicted molar refractivity (Wildman–Crippen MR) is 52.6 cm³/mol. The van der Waals surface area contributed by atoms with Gasteiger partial charge in [0.1, 0.15) is 6.23 Å². The lowest BCUT2D eigenvalue weighted by Gasteiger charge is -2.40. The third-order valence-electron chi connectivity index (χ3n) is 3.22. The number of carbonyl (C=O) groups excluding carboxylic acids is 1. The Bertz CT molecular complexity index is 210. The molecule has 0 aromatic heterocycles. The van der Waals surface area contributed by atoms with E-state index in [0.717, 1.165) is 25.8 Å². The van der Waals surface area contributed by atoms with Gasteiger partial charge in [-0.2, -0.15) is 0 Å². The van der Waals surface area contributed by atoms with Crippen LogP contribution in [0.2, 0.25) is 0 Å². The number of amides is 1. The van der Waals surface area contributed by atoms with Crippen molar-refractivity contribution in [2.75, 3.05) is 13.1 Å². The van der Waals surface area contributed by atoms with Gasteiger partial charge in [0, 0.05) is 25.6 Å². The summed E-state index contributed by atoms with van der Waals surface area (Å²) in [6, 6.07) is 0.350. The number of aliphatic hydroxyl groups excluding tert-OH is 1. The zero-order chi connectivity index (χ0) is 9.97. The van der Waals surface area contributed by atoms with Gasteiger partial charge < -0.3 is 10.4 Å². The number of likely N-dealkylation sites (tertiary alicyclic amines) is 1. The van der Waals surface area contributed by atoms with Crippen molar-refractivity contribution in [1.82, 2.24) is 10.2 Å². The quantitative estimate of drug-likeness (QED) is 0.627. The van der Waals surface area contributed by atoms with E-state index in [1.165, 1.54) is 6.42 Å². The maximum atomic E-state index is 11.0. The molecule has 14 heavy (non-hydrogen) atoms. The molecule has 2 atom stereocenters. The molecule has 2 aliphatic heterocycles. The first-order chi connectivity index (χ1) is 6.77. The number of hydrogen-bond acceptors (Lipinski definition) is 3. The largest absolute Gasteiger partial charge is 0.378 e. The van der Waals surface area contributed by atoms with Crippen molar-refractivity contribution in [3.05, 3.63) is 0 Å². The van der Waals surface area contributed by atoms with Crippen molar-refractivity contribution in [3.8, 4) is 0 Å². The number of nitrogens with zero attached hydrogens (tertiary/aromatic N) is 1. The lowest BCUT2D eigenvalue weighted by molar-refractivity contribution is -0.125. The van der Waals surface area contributed by atoms with Crippen LogP contribution in [-0.2, 0) is 4.79 Å². The normalized spacial score (nSPS) is 35.4. The Morgan fingerprint density at radius 1 is 1.36 bits per heavy atom. The summed E-state index contributed by atoms with van der Waals surface area (Å²) >= 11 is 0. The van der Waals surface area contributed by atoms with Crippen molar-refractivity contribution < 1.29 is 9.90 Å². The molecule has 0 aliphatic carbocycles. The van der Waals surface area contributed by atoms with Gasteiger partial charge in [-0.25, -0.2) is 0 Å². The molecule has 2 N–H and O–H groups in total. The van der Waals surface area contributed by atoms with Gasteiger partial charge in [0.2, 0.25) is 5.91 Å². The fourth-order valence-electron chi connectivity index (χ4n) is 2.36. The molecule has 4 heteroatoms. The molecule has 2 heterocycles. The van der Waals surface area contributed by atoms with Crippen molar-refractivity contribution in [1.29, 1.82) is 0 Å². The molecule has 0 aromatic carbocycles. The second-order valence-corrected chi connectivity index (χ2v) is 4.21. The van der Waals surface area contributed by atoms with Gasteiger partial charge in [-0.05, 0) is 25.7 Å². The zero-order valence-electron chi connectivity index (χ0n) is 8.41. The molecular weight excluding hydrogens is 180 g/mol. The van der Waals surface area contributed by atoms with Crippen LogP contribution in [0.5, 0.6) is 0 Å². The fourth-order valence-corrected chi connectivity index (χ4v) is 2.36. The van der Waals surface area contributed by atoms with Crippen molar-refractivity contribution in [3.63, 3.8) is 0 Å². The highest BCUT2D eigenvalue weighted by Crippen LogP contribution is 2.21. The monoisotopic (exact) mass is 198 g/mol. The number of hydrogen-bond donors (Lipinski definition) is 2. The first kappa shape index (κ1) is 9.93. The van der Waals surface area contributed by atoms with E-state index in [-0.39, 0.29) is 12.1 Å². The molecule has 2 unspecified atom stereocenters. The van der Waals surface area contributed by atoms with E-state index in [1.807, 2.05) is 0 Å². The summed E-state index contributed by atoms with van der Waals surface area (Å²) in [5.74, 6) is 0.146. The number of aliphatic hydroxyl groups is 1. The third-order valence-corrected chi connectivity index (χ3v) is 3.22. The van der Waals surface area contributed by atoms with E-state index in [4.69, 9.17) is 0 Å². The van der Waals surface area contributed by atoms with Crippen LogP contribution in [0.1, 0.15) is 32.1 Å². The summed E-state index contributed by atoms with van der Waals surface area (Å²) in [6.45, 7) is 1.68. The van der Waals surface area contributed by atoms with E-state index in [9.17, 15) is 9.90 Å². The Balaban J connectivity index is 1.90. The van der Waals surface area contributed by atoms with Gasteiger partial charge in [0.05, 0.1) is 0 Å². The molecule has 0 bridgehead atoms. The number of rotatable bonds is 1. The van der Waals surface area contributed by atoms with Crippen LogP contribution >= 0.6 is 0 Å². The molecule has 80 valence electrons. The lowest BCUT2D eigenvalue weighted by Crippen LogP contribution is -2.53. The molecule has 2 aliphatic rings. The lowest BCUT2D eigenvalue weighted by atomic mass is 10.0. The topological polar surface area (TPSA) is 52.6 Å². The van der Waals surface area contributed by atoms with Gasteiger partial charge in [-0.3, -0.25) is 9.69 Å². The minimum absolute atomic E-state index is 0.146. The van der Waals surface area contributed by atoms with Crippen molar-refractivity contribution in [2.45, 2.75) is 44.4 Å². The Labute approximate surface area is 84.3 Å².